The molecule has 1 aliphatic heterocycles. The first-order valence-corrected chi connectivity index (χ1v) is 8.39. The molecule has 26 heavy (non-hydrogen) atoms. The fourth-order valence-electron chi connectivity index (χ4n) is 2.66. The first-order chi connectivity index (χ1) is 12.6. The van der Waals surface area contributed by atoms with Crippen LogP contribution in [0.15, 0.2) is 36.7 Å². The standard InChI is InChI=1S/C16H18N6O3S/c1-25-14-11-12(22(23)24)3-4-13(14)19-16(26)21-9-7-20(8-10-21)15-17-5-2-6-18-15/h2-6,11H,7-10H2,1H3,(H,19,26). The van der Waals surface area contributed by atoms with Crippen molar-refractivity contribution in [2.45, 2.75) is 0 Å². The minimum atomic E-state index is -0.463. The van der Waals surface area contributed by atoms with E-state index in [0.29, 0.717) is 22.5 Å². The van der Waals surface area contributed by atoms with E-state index in [1.807, 2.05) is 4.90 Å². The SMILES string of the molecule is COc1cc([N+](=O)[O-])ccc1NC(=S)N1CCN(c2ncccn2)CC1. The zero-order valence-electron chi connectivity index (χ0n) is 14.2. The molecule has 1 saturated heterocycles. The largest absolute Gasteiger partial charge is 0.494 e. The Kier molecular flexibility index (Phi) is 5.42. The molecule has 0 aliphatic carbocycles. The monoisotopic (exact) mass is 374 g/mol. The smallest absolute Gasteiger partial charge is 0.273 e. The van der Waals surface area contributed by atoms with Crippen LogP contribution in [0.3, 0.4) is 0 Å². The molecule has 1 N–H and O–H groups in total. The fraction of sp³-hybridized carbons (Fsp3) is 0.312. The van der Waals surface area contributed by atoms with E-state index in [9.17, 15) is 10.1 Å². The van der Waals surface area contributed by atoms with Gasteiger partial charge >= 0.3 is 0 Å². The molecule has 2 aromatic rings. The van der Waals surface area contributed by atoms with Crippen LogP contribution in [0.4, 0.5) is 17.3 Å². The third kappa shape index (κ3) is 3.97. The predicted octanol–water partition coefficient (Wildman–Crippen LogP) is 1.91. The maximum atomic E-state index is 10.9. The second kappa shape index (κ2) is 7.91. The van der Waals surface area contributed by atoms with E-state index in [-0.39, 0.29) is 5.69 Å². The van der Waals surface area contributed by atoms with Gasteiger partial charge in [-0.2, -0.15) is 0 Å². The Labute approximate surface area is 155 Å². The van der Waals surface area contributed by atoms with Gasteiger partial charge in [-0.15, -0.1) is 0 Å². The van der Waals surface area contributed by atoms with Crippen LogP contribution < -0.4 is 15.0 Å². The number of thiocarbonyl (C=S) groups is 1. The molecule has 1 fully saturated rings. The Bertz CT molecular complexity index is 796. The maximum Gasteiger partial charge on any atom is 0.273 e. The highest BCUT2D eigenvalue weighted by molar-refractivity contribution is 7.80. The Morgan fingerprint density at radius 3 is 2.58 bits per heavy atom. The lowest BCUT2D eigenvalue weighted by Gasteiger charge is -2.36. The van der Waals surface area contributed by atoms with Crippen LogP contribution in [-0.4, -0.2) is 58.2 Å². The van der Waals surface area contributed by atoms with Gasteiger partial charge in [0.25, 0.3) is 5.69 Å². The molecule has 1 aromatic heterocycles. The normalized spacial score (nSPS) is 14.0. The van der Waals surface area contributed by atoms with Crippen molar-refractivity contribution in [1.29, 1.82) is 0 Å². The Balaban J connectivity index is 1.62. The molecule has 1 aromatic carbocycles. The highest BCUT2D eigenvalue weighted by Crippen LogP contribution is 2.29. The third-order valence-corrected chi connectivity index (χ3v) is 4.40. The van der Waals surface area contributed by atoms with E-state index in [2.05, 4.69) is 20.2 Å². The number of methoxy groups -OCH3 is 1. The van der Waals surface area contributed by atoms with Gasteiger partial charge in [0, 0.05) is 44.6 Å². The zero-order valence-corrected chi connectivity index (χ0v) is 15.0. The topological polar surface area (TPSA) is 96.7 Å². The molecule has 9 nitrogen and oxygen atoms in total. The summed E-state index contributed by atoms with van der Waals surface area (Å²) < 4.78 is 5.23. The number of ether oxygens (including phenoxy) is 1. The number of nitro groups is 1. The van der Waals surface area contributed by atoms with Crippen LogP contribution in [0.1, 0.15) is 0 Å². The molecular formula is C16H18N6O3S. The van der Waals surface area contributed by atoms with Crippen molar-refractivity contribution in [2.24, 2.45) is 0 Å². The highest BCUT2D eigenvalue weighted by atomic mass is 32.1. The number of benzene rings is 1. The Hall–Kier alpha value is -3.01. The Morgan fingerprint density at radius 2 is 1.96 bits per heavy atom. The van der Waals surface area contributed by atoms with Crippen LogP contribution in [0.2, 0.25) is 0 Å². The lowest BCUT2D eigenvalue weighted by atomic mass is 10.2. The molecule has 0 bridgehead atoms. The van der Waals surface area contributed by atoms with Crippen molar-refractivity contribution >= 4 is 34.7 Å². The number of rotatable bonds is 4. The first-order valence-electron chi connectivity index (χ1n) is 7.99. The van der Waals surface area contributed by atoms with Gasteiger partial charge < -0.3 is 19.9 Å². The highest BCUT2D eigenvalue weighted by Gasteiger charge is 2.21. The molecule has 0 atom stereocenters. The Morgan fingerprint density at radius 1 is 1.27 bits per heavy atom. The van der Waals surface area contributed by atoms with Crippen LogP contribution in [-0.2, 0) is 0 Å². The van der Waals surface area contributed by atoms with Gasteiger partial charge in [0.05, 0.1) is 23.8 Å². The zero-order chi connectivity index (χ0) is 18.5. The molecule has 1 aliphatic rings. The summed E-state index contributed by atoms with van der Waals surface area (Å²) in [6.07, 6.45) is 3.45. The molecule has 0 spiro atoms. The van der Waals surface area contributed by atoms with Gasteiger partial charge in [-0.1, -0.05) is 0 Å². The number of anilines is 2. The molecule has 10 heteroatoms. The van der Waals surface area contributed by atoms with Crippen molar-refractivity contribution in [3.05, 3.63) is 46.8 Å². The van der Waals surface area contributed by atoms with Gasteiger partial charge in [0.15, 0.2) is 5.11 Å². The summed E-state index contributed by atoms with van der Waals surface area (Å²) >= 11 is 5.48. The number of hydrogen-bond donors (Lipinski definition) is 1. The average Bonchev–Trinajstić information content (AvgIpc) is 2.69. The van der Waals surface area contributed by atoms with E-state index in [1.54, 1.807) is 24.5 Å². The number of nitro benzene ring substituents is 1. The second-order valence-corrected chi connectivity index (χ2v) is 5.98. The van der Waals surface area contributed by atoms with Crippen molar-refractivity contribution in [3.63, 3.8) is 0 Å². The van der Waals surface area contributed by atoms with Gasteiger partial charge in [-0.3, -0.25) is 10.1 Å². The van der Waals surface area contributed by atoms with Crippen molar-refractivity contribution in [2.75, 3.05) is 43.5 Å². The van der Waals surface area contributed by atoms with E-state index in [1.165, 1.54) is 19.2 Å². The number of nitrogens with one attached hydrogen (secondary N) is 1. The van der Waals surface area contributed by atoms with Crippen LogP contribution in [0.5, 0.6) is 5.75 Å². The summed E-state index contributed by atoms with van der Waals surface area (Å²) in [6.45, 7) is 2.95. The van der Waals surface area contributed by atoms with Crippen LogP contribution in [0.25, 0.3) is 0 Å². The van der Waals surface area contributed by atoms with Crippen molar-refractivity contribution in [1.82, 2.24) is 14.9 Å². The van der Waals surface area contributed by atoms with Crippen LogP contribution >= 0.6 is 12.2 Å². The molecule has 3 rings (SSSR count). The molecule has 0 radical (unpaired) electrons. The summed E-state index contributed by atoms with van der Waals surface area (Å²) in [5.74, 6) is 1.08. The molecular weight excluding hydrogens is 356 g/mol. The van der Waals surface area contributed by atoms with Crippen molar-refractivity contribution < 1.29 is 9.66 Å². The maximum absolute atomic E-state index is 10.9. The summed E-state index contributed by atoms with van der Waals surface area (Å²) in [6, 6.07) is 6.17. The second-order valence-electron chi connectivity index (χ2n) is 5.59. The lowest BCUT2D eigenvalue weighted by Crippen LogP contribution is -2.50. The quantitative estimate of drug-likeness (QED) is 0.489. The summed E-state index contributed by atoms with van der Waals surface area (Å²) in [4.78, 5) is 23.1. The number of non-ortho nitro benzene ring substituents is 1. The number of hydrogen-bond acceptors (Lipinski definition) is 7. The molecule has 0 saturated carbocycles. The van der Waals surface area contributed by atoms with E-state index < -0.39 is 4.92 Å². The molecule has 0 unspecified atom stereocenters. The van der Waals surface area contributed by atoms with Crippen molar-refractivity contribution in [3.8, 4) is 5.75 Å². The first kappa shape index (κ1) is 17.8. The van der Waals surface area contributed by atoms with Crippen LogP contribution in [0, 0.1) is 10.1 Å². The summed E-state index contributed by atoms with van der Waals surface area (Å²) in [5, 5.41) is 14.5. The summed E-state index contributed by atoms with van der Waals surface area (Å²) in [7, 11) is 1.46. The van der Waals surface area contributed by atoms with E-state index >= 15 is 0 Å². The molecule has 0 amide bonds. The van der Waals surface area contributed by atoms with Gasteiger partial charge in [0.1, 0.15) is 5.75 Å². The molecule has 2 heterocycles. The summed E-state index contributed by atoms with van der Waals surface area (Å²) in [5.41, 5.74) is 0.562. The predicted molar refractivity (Wildman–Crippen MR) is 102 cm³/mol. The average molecular weight is 374 g/mol. The van der Waals surface area contributed by atoms with E-state index in [4.69, 9.17) is 17.0 Å². The van der Waals surface area contributed by atoms with Gasteiger partial charge in [-0.05, 0) is 24.4 Å². The number of piperazine rings is 1. The lowest BCUT2D eigenvalue weighted by molar-refractivity contribution is -0.384. The van der Waals surface area contributed by atoms with Gasteiger partial charge in [0.2, 0.25) is 5.95 Å². The van der Waals surface area contributed by atoms with Gasteiger partial charge in [-0.25, -0.2) is 9.97 Å². The molecule has 136 valence electrons. The number of aromatic nitrogens is 2. The minimum absolute atomic E-state index is 0.0326. The number of nitrogens with zero attached hydrogens (tertiary/aromatic N) is 5. The van der Waals surface area contributed by atoms with E-state index in [0.717, 1.165) is 26.2 Å². The fourth-order valence-corrected chi connectivity index (χ4v) is 2.95. The third-order valence-electron chi connectivity index (χ3n) is 4.04. The minimum Gasteiger partial charge on any atom is -0.494 e.